The van der Waals surface area contributed by atoms with E-state index in [-0.39, 0.29) is 18.2 Å². The highest BCUT2D eigenvalue weighted by atomic mass is 16.4. The third kappa shape index (κ3) is 4.95. The first kappa shape index (κ1) is 14.9. The number of aromatic nitrogens is 1. The lowest BCUT2D eigenvalue weighted by atomic mass is 10.1. The fourth-order valence-electron chi connectivity index (χ4n) is 1.54. The number of carbonyl (C=O) groups is 2. The van der Waals surface area contributed by atoms with Gasteiger partial charge in [-0.15, -0.1) is 0 Å². The molecule has 2 N–H and O–H groups in total. The van der Waals surface area contributed by atoms with E-state index in [0.717, 1.165) is 0 Å². The summed E-state index contributed by atoms with van der Waals surface area (Å²) >= 11 is 0. The fraction of sp³-hybridized carbons (Fsp3) is 0.462. The van der Waals surface area contributed by atoms with Crippen molar-refractivity contribution in [2.75, 3.05) is 25.5 Å². The summed E-state index contributed by atoms with van der Waals surface area (Å²) in [6.45, 7) is 2.12. The van der Waals surface area contributed by atoms with Crippen LogP contribution in [0.5, 0.6) is 0 Å². The van der Waals surface area contributed by atoms with Crippen molar-refractivity contribution in [1.82, 2.24) is 10.3 Å². The quantitative estimate of drug-likeness (QED) is 0.801. The van der Waals surface area contributed by atoms with E-state index in [1.807, 2.05) is 19.0 Å². The predicted octanol–water partition coefficient (Wildman–Crippen LogP) is 0.988. The Balaban J connectivity index is 2.58. The number of amides is 1. The number of pyridine rings is 1. The number of carbonyl (C=O) groups excluding carboxylic acids is 1. The third-order valence-electron chi connectivity index (χ3n) is 2.60. The minimum Gasteiger partial charge on any atom is -0.481 e. The van der Waals surface area contributed by atoms with Crippen LogP contribution in [0.1, 0.15) is 23.7 Å². The molecule has 1 rings (SSSR count). The van der Waals surface area contributed by atoms with Gasteiger partial charge in [0.15, 0.2) is 0 Å². The second-order valence-electron chi connectivity index (χ2n) is 4.71. The number of nitrogens with one attached hydrogen (secondary N) is 1. The van der Waals surface area contributed by atoms with Crippen LogP contribution in [0.4, 0.5) is 5.82 Å². The van der Waals surface area contributed by atoms with Crippen LogP contribution in [0.15, 0.2) is 18.3 Å². The predicted molar refractivity (Wildman–Crippen MR) is 72.3 cm³/mol. The van der Waals surface area contributed by atoms with E-state index in [0.29, 0.717) is 17.9 Å². The summed E-state index contributed by atoms with van der Waals surface area (Å²) in [6, 6.07) is 3.32. The van der Waals surface area contributed by atoms with Crippen LogP contribution in [0.2, 0.25) is 0 Å². The Morgan fingerprint density at radius 2 is 2.16 bits per heavy atom. The Morgan fingerprint density at radius 3 is 2.74 bits per heavy atom. The molecule has 0 fully saturated rings. The monoisotopic (exact) mass is 265 g/mol. The Labute approximate surface area is 112 Å². The molecule has 0 spiro atoms. The van der Waals surface area contributed by atoms with Crippen molar-refractivity contribution >= 4 is 17.7 Å². The molecular weight excluding hydrogens is 246 g/mol. The van der Waals surface area contributed by atoms with Crippen molar-refractivity contribution in [1.29, 1.82) is 0 Å². The Kier molecular flexibility index (Phi) is 5.29. The summed E-state index contributed by atoms with van der Waals surface area (Å²) in [5, 5.41) is 11.4. The van der Waals surface area contributed by atoms with Gasteiger partial charge >= 0.3 is 5.97 Å². The first-order chi connectivity index (χ1) is 8.90. The molecule has 1 amide bonds. The van der Waals surface area contributed by atoms with E-state index in [2.05, 4.69) is 10.3 Å². The van der Waals surface area contributed by atoms with Crippen molar-refractivity contribution in [3.63, 3.8) is 0 Å². The number of carboxylic acids is 1. The van der Waals surface area contributed by atoms with Crippen molar-refractivity contribution in [2.45, 2.75) is 13.3 Å². The van der Waals surface area contributed by atoms with Gasteiger partial charge in [0.25, 0.3) is 5.91 Å². The molecule has 0 radical (unpaired) electrons. The van der Waals surface area contributed by atoms with Crippen LogP contribution in [-0.2, 0) is 4.79 Å². The second-order valence-corrected chi connectivity index (χ2v) is 4.71. The zero-order valence-corrected chi connectivity index (χ0v) is 11.4. The average Bonchev–Trinajstić information content (AvgIpc) is 2.35. The van der Waals surface area contributed by atoms with E-state index in [9.17, 15) is 9.59 Å². The molecule has 0 aliphatic carbocycles. The summed E-state index contributed by atoms with van der Waals surface area (Å²) in [5.41, 5.74) is 0.515. The number of hydrogen-bond acceptors (Lipinski definition) is 4. The van der Waals surface area contributed by atoms with Gasteiger partial charge in [0.05, 0.1) is 0 Å². The number of hydrogen-bond donors (Lipinski definition) is 2. The van der Waals surface area contributed by atoms with Gasteiger partial charge in [0, 0.05) is 38.8 Å². The van der Waals surface area contributed by atoms with Crippen LogP contribution in [0, 0.1) is 5.92 Å². The molecule has 1 aromatic heterocycles. The minimum absolute atomic E-state index is 0.0412. The summed E-state index contributed by atoms with van der Waals surface area (Å²) < 4.78 is 0. The number of rotatable bonds is 6. The normalized spacial score (nSPS) is 11.7. The van der Waals surface area contributed by atoms with Gasteiger partial charge in [-0.25, -0.2) is 4.98 Å². The smallest absolute Gasteiger partial charge is 0.303 e. The maximum absolute atomic E-state index is 11.9. The van der Waals surface area contributed by atoms with Crippen molar-refractivity contribution < 1.29 is 14.7 Å². The van der Waals surface area contributed by atoms with Gasteiger partial charge in [-0.1, -0.05) is 6.92 Å². The molecule has 0 aromatic carbocycles. The van der Waals surface area contributed by atoms with E-state index >= 15 is 0 Å². The Morgan fingerprint density at radius 1 is 1.47 bits per heavy atom. The van der Waals surface area contributed by atoms with Gasteiger partial charge < -0.3 is 15.3 Å². The molecule has 0 saturated heterocycles. The topological polar surface area (TPSA) is 82.5 Å². The maximum Gasteiger partial charge on any atom is 0.303 e. The standard InChI is InChI=1S/C13H19N3O3/c1-9(6-12(17)18)8-15-13(19)10-4-5-14-11(7-10)16(2)3/h4-5,7,9H,6,8H2,1-3H3,(H,15,19)(H,17,18). The molecule has 1 atom stereocenters. The first-order valence-electron chi connectivity index (χ1n) is 6.03. The lowest BCUT2D eigenvalue weighted by molar-refractivity contribution is -0.137. The molecule has 0 aliphatic heterocycles. The Bertz CT molecular complexity index is 460. The van der Waals surface area contributed by atoms with E-state index in [1.165, 1.54) is 0 Å². The van der Waals surface area contributed by atoms with Gasteiger partial charge in [-0.3, -0.25) is 9.59 Å². The van der Waals surface area contributed by atoms with E-state index < -0.39 is 5.97 Å². The molecule has 104 valence electrons. The highest BCUT2D eigenvalue weighted by molar-refractivity contribution is 5.94. The van der Waals surface area contributed by atoms with Gasteiger partial charge in [-0.2, -0.15) is 0 Å². The SMILES string of the molecule is CC(CNC(=O)c1ccnc(N(C)C)c1)CC(=O)O. The van der Waals surface area contributed by atoms with Gasteiger partial charge in [0.2, 0.25) is 0 Å². The lowest BCUT2D eigenvalue weighted by Crippen LogP contribution is -2.29. The highest BCUT2D eigenvalue weighted by Crippen LogP contribution is 2.09. The molecule has 19 heavy (non-hydrogen) atoms. The van der Waals surface area contributed by atoms with Gasteiger partial charge in [-0.05, 0) is 18.1 Å². The van der Waals surface area contributed by atoms with Crippen LogP contribution >= 0.6 is 0 Å². The molecule has 0 bridgehead atoms. The summed E-state index contributed by atoms with van der Waals surface area (Å²) in [6.07, 6.45) is 1.62. The molecule has 1 heterocycles. The van der Waals surface area contributed by atoms with Crippen LogP contribution in [-0.4, -0.2) is 42.6 Å². The zero-order valence-electron chi connectivity index (χ0n) is 11.4. The fourth-order valence-corrected chi connectivity index (χ4v) is 1.54. The van der Waals surface area contributed by atoms with Crippen molar-refractivity contribution in [2.24, 2.45) is 5.92 Å². The molecule has 0 saturated carbocycles. The molecular formula is C13H19N3O3. The van der Waals surface area contributed by atoms with E-state index in [1.54, 1.807) is 25.3 Å². The molecule has 1 aromatic rings. The highest BCUT2D eigenvalue weighted by Gasteiger charge is 2.11. The minimum atomic E-state index is -0.861. The molecule has 1 unspecified atom stereocenters. The molecule has 6 nitrogen and oxygen atoms in total. The largest absolute Gasteiger partial charge is 0.481 e. The molecule has 6 heteroatoms. The number of carboxylic acid groups (broad SMARTS) is 1. The third-order valence-corrected chi connectivity index (χ3v) is 2.60. The van der Waals surface area contributed by atoms with E-state index in [4.69, 9.17) is 5.11 Å². The Hall–Kier alpha value is -2.11. The molecule has 0 aliphatic rings. The summed E-state index contributed by atoms with van der Waals surface area (Å²) in [7, 11) is 3.69. The zero-order chi connectivity index (χ0) is 14.4. The van der Waals surface area contributed by atoms with Crippen LogP contribution in [0.3, 0.4) is 0 Å². The average molecular weight is 265 g/mol. The summed E-state index contributed by atoms with van der Waals surface area (Å²) in [5.74, 6) is -0.480. The summed E-state index contributed by atoms with van der Waals surface area (Å²) in [4.78, 5) is 28.4. The van der Waals surface area contributed by atoms with Crippen molar-refractivity contribution in [3.05, 3.63) is 23.9 Å². The second kappa shape index (κ2) is 6.72. The van der Waals surface area contributed by atoms with Gasteiger partial charge in [0.1, 0.15) is 5.82 Å². The maximum atomic E-state index is 11.9. The number of anilines is 1. The van der Waals surface area contributed by atoms with Crippen LogP contribution in [0.25, 0.3) is 0 Å². The number of nitrogens with zero attached hydrogens (tertiary/aromatic N) is 2. The lowest BCUT2D eigenvalue weighted by Gasteiger charge is -2.13. The van der Waals surface area contributed by atoms with Crippen molar-refractivity contribution in [3.8, 4) is 0 Å². The number of aliphatic carboxylic acids is 1. The van der Waals surface area contributed by atoms with Crippen LogP contribution < -0.4 is 10.2 Å². The first-order valence-corrected chi connectivity index (χ1v) is 6.03.